The molecule has 1 aromatic carbocycles. The first-order valence-electron chi connectivity index (χ1n) is 5.18. The molecule has 0 saturated heterocycles. The highest BCUT2D eigenvalue weighted by Crippen LogP contribution is 2.45. The number of rotatable bonds is 0. The van der Waals surface area contributed by atoms with E-state index in [2.05, 4.69) is 0 Å². The lowest BCUT2D eigenvalue weighted by Gasteiger charge is -2.32. The first kappa shape index (κ1) is 12.8. The molecule has 0 aliphatic carbocycles. The molecule has 1 unspecified atom stereocenters. The molecule has 0 aromatic heterocycles. The average Bonchev–Trinajstić information content (AvgIpc) is 2.34. The summed E-state index contributed by atoms with van der Waals surface area (Å²) in [5, 5.41) is 10.4. The van der Waals surface area contributed by atoms with E-state index in [1.54, 1.807) is 32.9 Å². The maximum atomic E-state index is 12.3. The van der Waals surface area contributed by atoms with Crippen LogP contribution in [-0.4, -0.2) is 23.4 Å². The van der Waals surface area contributed by atoms with Gasteiger partial charge in [-0.3, -0.25) is 0 Å². The van der Waals surface area contributed by atoms with Gasteiger partial charge in [0.25, 0.3) is 0 Å². The van der Waals surface area contributed by atoms with Crippen LogP contribution < -0.4 is 0 Å². The summed E-state index contributed by atoms with van der Waals surface area (Å²) in [5.74, 6) is 0. The van der Waals surface area contributed by atoms with Gasteiger partial charge in [0.15, 0.2) is 0 Å². The van der Waals surface area contributed by atoms with Crippen LogP contribution in [0.4, 0.5) is 0 Å². The van der Waals surface area contributed by atoms with Crippen LogP contribution in [0.3, 0.4) is 0 Å². The van der Waals surface area contributed by atoms with Gasteiger partial charge in [-0.15, -0.1) is 0 Å². The predicted molar refractivity (Wildman–Crippen MR) is 65.2 cm³/mol. The standard InChI is InChI=1S/C11H14ClNO3S/c1-11(2,3)13-10(14)9-7(12)5-4-6-8(9)17(13,15)16/h4-6,10,14H,1-3H3. The molecule has 6 heteroatoms. The summed E-state index contributed by atoms with van der Waals surface area (Å²) in [6.07, 6.45) is -1.22. The Balaban J connectivity index is 2.74. The molecule has 1 atom stereocenters. The molecule has 94 valence electrons. The normalized spacial score (nSPS) is 23.7. The quantitative estimate of drug-likeness (QED) is 0.789. The van der Waals surface area contributed by atoms with Crippen LogP contribution >= 0.6 is 11.6 Å². The molecule has 0 fully saturated rings. The van der Waals surface area contributed by atoms with Gasteiger partial charge in [0.1, 0.15) is 6.23 Å². The van der Waals surface area contributed by atoms with Crippen LogP contribution in [0.2, 0.25) is 5.02 Å². The van der Waals surface area contributed by atoms with Gasteiger partial charge in [0, 0.05) is 16.1 Å². The third-order valence-corrected chi connectivity index (χ3v) is 5.20. The van der Waals surface area contributed by atoms with Gasteiger partial charge in [-0.25, -0.2) is 8.42 Å². The summed E-state index contributed by atoms with van der Waals surface area (Å²) in [6, 6.07) is 4.61. The lowest BCUT2D eigenvalue weighted by atomic mass is 10.1. The van der Waals surface area contributed by atoms with Gasteiger partial charge < -0.3 is 5.11 Å². The highest BCUT2D eigenvalue weighted by atomic mass is 35.5. The molecule has 17 heavy (non-hydrogen) atoms. The molecule has 0 amide bonds. The molecular weight excluding hydrogens is 262 g/mol. The van der Waals surface area contributed by atoms with Crippen LogP contribution in [0.15, 0.2) is 23.1 Å². The summed E-state index contributed by atoms with van der Waals surface area (Å²) >= 11 is 5.96. The van der Waals surface area contributed by atoms with Crippen molar-refractivity contribution in [2.24, 2.45) is 0 Å². The zero-order chi connectivity index (χ0) is 13.0. The minimum Gasteiger partial charge on any atom is -0.373 e. The Kier molecular flexibility index (Phi) is 2.78. The largest absolute Gasteiger partial charge is 0.373 e. The first-order valence-corrected chi connectivity index (χ1v) is 7.00. The van der Waals surface area contributed by atoms with Crippen molar-refractivity contribution in [3.63, 3.8) is 0 Å². The van der Waals surface area contributed by atoms with Gasteiger partial charge in [0.05, 0.1) is 4.90 Å². The van der Waals surface area contributed by atoms with E-state index in [0.717, 1.165) is 4.31 Å². The Morgan fingerprint density at radius 2 is 1.94 bits per heavy atom. The molecule has 0 bridgehead atoms. The zero-order valence-electron chi connectivity index (χ0n) is 9.81. The van der Waals surface area contributed by atoms with E-state index >= 15 is 0 Å². The lowest BCUT2D eigenvalue weighted by molar-refractivity contribution is 0.0208. The highest BCUT2D eigenvalue weighted by Gasteiger charge is 2.48. The monoisotopic (exact) mass is 275 g/mol. The molecule has 1 aliphatic heterocycles. The number of fused-ring (bicyclic) bond motifs is 1. The number of halogens is 1. The summed E-state index contributed by atoms with van der Waals surface area (Å²) < 4.78 is 25.7. The lowest BCUT2D eigenvalue weighted by Crippen LogP contribution is -2.43. The van der Waals surface area contributed by atoms with Crippen molar-refractivity contribution in [3.05, 3.63) is 28.8 Å². The van der Waals surface area contributed by atoms with E-state index in [1.807, 2.05) is 0 Å². The molecule has 0 spiro atoms. The third-order valence-electron chi connectivity index (χ3n) is 2.69. The highest BCUT2D eigenvalue weighted by molar-refractivity contribution is 7.89. The van der Waals surface area contributed by atoms with E-state index in [0.29, 0.717) is 0 Å². The average molecular weight is 276 g/mol. The first-order chi connectivity index (χ1) is 7.67. The number of benzene rings is 1. The predicted octanol–water partition coefficient (Wildman–Crippen LogP) is 2.13. The van der Waals surface area contributed by atoms with E-state index in [4.69, 9.17) is 11.6 Å². The number of nitrogens with zero attached hydrogens (tertiary/aromatic N) is 1. The molecule has 1 heterocycles. The second-order valence-electron chi connectivity index (χ2n) is 5.00. The second kappa shape index (κ2) is 3.68. The van der Waals surface area contributed by atoms with Crippen molar-refractivity contribution in [1.82, 2.24) is 4.31 Å². The SMILES string of the molecule is CC(C)(C)N1C(O)c2c(Cl)cccc2S1(=O)=O. The summed E-state index contributed by atoms with van der Waals surface area (Å²) in [6.45, 7) is 5.19. The van der Waals surface area contributed by atoms with Crippen molar-refractivity contribution in [2.75, 3.05) is 0 Å². The summed E-state index contributed by atoms with van der Waals surface area (Å²) in [7, 11) is -3.68. The molecule has 0 saturated carbocycles. The van der Waals surface area contributed by atoms with Crippen molar-refractivity contribution in [2.45, 2.75) is 37.4 Å². The molecule has 1 aliphatic rings. The Morgan fingerprint density at radius 3 is 2.41 bits per heavy atom. The molecule has 4 nitrogen and oxygen atoms in total. The minimum absolute atomic E-state index is 0.0902. The van der Waals surface area contributed by atoms with Gasteiger partial charge in [0.2, 0.25) is 10.0 Å². The van der Waals surface area contributed by atoms with E-state index in [9.17, 15) is 13.5 Å². The number of hydrogen-bond donors (Lipinski definition) is 1. The summed E-state index contributed by atoms with van der Waals surface area (Å²) in [4.78, 5) is 0.0902. The Hall–Kier alpha value is -0.620. The molecule has 1 aromatic rings. The fourth-order valence-corrected chi connectivity index (χ4v) is 4.45. The second-order valence-corrected chi connectivity index (χ2v) is 7.19. The minimum atomic E-state index is -3.68. The Labute approximate surface area is 106 Å². The van der Waals surface area contributed by atoms with Gasteiger partial charge in [-0.2, -0.15) is 4.31 Å². The Bertz CT molecular complexity index is 563. The smallest absolute Gasteiger partial charge is 0.246 e. The van der Waals surface area contributed by atoms with Crippen molar-refractivity contribution >= 4 is 21.6 Å². The summed E-state index contributed by atoms with van der Waals surface area (Å²) in [5.41, 5.74) is -0.440. The van der Waals surface area contributed by atoms with Crippen LogP contribution in [0.5, 0.6) is 0 Å². The molecule has 2 rings (SSSR count). The van der Waals surface area contributed by atoms with Crippen LogP contribution in [-0.2, 0) is 10.0 Å². The van der Waals surface area contributed by atoms with E-state index in [1.165, 1.54) is 6.07 Å². The van der Waals surface area contributed by atoms with Crippen molar-refractivity contribution in [1.29, 1.82) is 0 Å². The van der Waals surface area contributed by atoms with Gasteiger partial charge >= 0.3 is 0 Å². The molecule has 0 radical (unpaired) electrons. The fraction of sp³-hybridized carbons (Fsp3) is 0.455. The number of hydrogen-bond acceptors (Lipinski definition) is 3. The topological polar surface area (TPSA) is 57.6 Å². The third kappa shape index (κ3) is 1.78. The van der Waals surface area contributed by atoms with E-state index < -0.39 is 21.8 Å². The number of aliphatic hydroxyl groups is 1. The van der Waals surface area contributed by atoms with Crippen LogP contribution in [0.25, 0.3) is 0 Å². The molecule has 1 N–H and O–H groups in total. The zero-order valence-corrected chi connectivity index (χ0v) is 11.4. The van der Waals surface area contributed by atoms with Crippen LogP contribution in [0, 0.1) is 0 Å². The Morgan fingerprint density at radius 1 is 1.35 bits per heavy atom. The van der Waals surface area contributed by atoms with Crippen LogP contribution in [0.1, 0.15) is 32.6 Å². The number of aliphatic hydroxyl groups excluding tert-OH is 1. The van der Waals surface area contributed by atoms with Crippen molar-refractivity contribution in [3.8, 4) is 0 Å². The van der Waals surface area contributed by atoms with Crippen molar-refractivity contribution < 1.29 is 13.5 Å². The fourth-order valence-electron chi connectivity index (χ4n) is 2.07. The maximum absolute atomic E-state index is 12.3. The van der Waals surface area contributed by atoms with Gasteiger partial charge in [-0.1, -0.05) is 17.7 Å². The van der Waals surface area contributed by atoms with E-state index in [-0.39, 0.29) is 15.5 Å². The van der Waals surface area contributed by atoms with Gasteiger partial charge in [-0.05, 0) is 32.9 Å². The number of sulfonamides is 1. The maximum Gasteiger partial charge on any atom is 0.246 e. The molecular formula is C11H14ClNO3S.